The third-order valence-corrected chi connectivity index (χ3v) is 9.58. The van der Waals surface area contributed by atoms with Crippen molar-refractivity contribution in [2.45, 2.75) is 105 Å². The highest BCUT2D eigenvalue weighted by Gasteiger charge is 2.41. The van der Waals surface area contributed by atoms with Crippen molar-refractivity contribution in [1.82, 2.24) is 0 Å². The van der Waals surface area contributed by atoms with E-state index in [4.69, 9.17) is 19.2 Å². The number of carbonyl (C=O) groups is 4. The summed E-state index contributed by atoms with van der Waals surface area (Å²) in [5.41, 5.74) is 3.94. The molecular formula is C35H44O10. The van der Waals surface area contributed by atoms with Gasteiger partial charge in [0.25, 0.3) is 0 Å². The van der Waals surface area contributed by atoms with Crippen LogP contribution in [-0.4, -0.2) is 36.5 Å². The van der Waals surface area contributed by atoms with Gasteiger partial charge in [0.15, 0.2) is 0 Å². The number of carbonyl (C=O) groups excluding carboxylic acids is 4. The quantitative estimate of drug-likeness (QED) is 0.176. The molecule has 0 bridgehead atoms. The summed E-state index contributed by atoms with van der Waals surface area (Å²) in [5.74, 6) is -0.612. The first-order valence-electron chi connectivity index (χ1n) is 15.7. The van der Waals surface area contributed by atoms with E-state index in [9.17, 15) is 19.2 Å². The molecule has 0 N–H and O–H groups in total. The summed E-state index contributed by atoms with van der Waals surface area (Å²) in [6.45, 7) is 11.8. The lowest BCUT2D eigenvalue weighted by molar-refractivity contribution is -0.209. The Bertz CT molecular complexity index is 1280. The molecule has 10 nitrogen and oxygen atoms in total. The van der Waals surface area contributed by atoms with Crippen molar-refractivity contribution in [2.24, 2.45) is 17.3 Å². The minimum Gasteiger partial charge on any atom is -0.428 e. The molecule has 4 rings (SSSR count). The third-order valence-electron chi connectivity index (χ3n) is 9.58. The van der Waals surface area contributed by atoms with E-state index in [0.29, 0.717) is 48.6 Å². The van der Waals surface area contributed by atoms with Gasteiger partial charge in [-0.1, -0.05) is 49.2 Å². The Labute approximate surface area is 264 Å². The number of benzene rings is 2. The summed E-state index contributed by atoms with van der Waals surface area (Å²) in [4.78, 5) is 67.8. The van der Waals surface area contributed by atoms with Crippen LogP contribution in [0.15, 0.2) is 36.4 Å². The zero-order valence-electron chi connectivity index (χ0n) is 27.0. The fourth-order valence-electron chi connectivity index (χ4n) is 6.64. The molecule has 0 amide bonds. The zero-order chi connectivity index (χ0) is 32.7. The summed E-state index contributed by atoms with van der Waals surface area (Å²) >= 11 is 0. The smallest absolute Gasteiger partial charge is 0.428 e. The average molecular weight is 625 g/mol. The molecule has 0 radical (unpaired) electrons. The molecule has 0 spiro atoms. The van der Waals surface area contributed by atoms with Crippen LogP contribution in [0.2, 0.25) is 0 Å². The molecule has 2 aromatic carbocycles. The van der Waals surface area contributed by atoms with Crippen LogP contribution in [-0.2, 0) is 29.0 Å². The van der Waals surface area contributed by atoms with Crippen molar-refractivity contribution in [1.29, 1.82) is 0 Å². The maximum Gasteiger partial charge on any atom is 0.550 e. The fourth-order valence-corrected chi connectivity index (χ4v) is 6.64. The van der Waals surface area contributed by atoms with E-state index in [1.165, 1.54) is 0 Å². The summed E-state index contributed by atoms with van der Waals surface area (Å²) < 4.78 is 10.9. The van der Waals surface area contributed by atoms with E-state index < -0.39 is 24.2 Å². The van der Waals surface area contributed by atoms with E-state index in [2.05, 4.69) is 23.6 Å². The largest absolute Gasteiger partial charge is 0.550 e. The van der Waals surface area contributed by atoms with E-state index in [1.807, 2.05) is 26.0 Å². The minimum atomic E-state index is -1.02. The maximum atomic E-state index is 12.3. The Morgan fingerprint density at radius 1 is 0.556 bits per heavy atom. The van der Waals surface area contributed by atoms with Crippen molar-refractivity contribution in [3.8, 4) is 0 Å². The summed E-state index contributed by atoms with van der Waals surface area (Å²) in [5, 5.41) is 0. The Balaban J connectivity index is 1.15. The van der Waals surface area contributed by atoms with Crippen LogP contribution in [0.4, 0.5) is 9.59 Å². The van der Waals surface area contributed by atoms with Gasteiger partial charge < -0.3 is 9.47 Å². The zero-order valence-corrected chi connectivity index (χ0v) is 27.0. The second-order valence-electron chi connectivity index (χ2n) is 13.0. The van der Waals surface area contributed by atoms with Crippen molar-refractivity contribution in [2.75, 3.05) is 0 Å². The number of ether oxygens (including phenoxy) is 2. The Morgan fingerprint density at radius 3 is 1.27 bits per heavy atom. The number of rotatable bonds is 6. The fraction of sp³-hybridized carbons (Fsp3) is 0.543. The van der Waals surface area contributed by atoms with E-state index in [1.54, 1.807) is 38.1 Å². The SMILES string of the molecule is Cc1ccc(C)c(C(=O)OOC(=O)OC2CCC(C(C)(C)C3CCC(OC(=O)OOC(=O)c4cc(C)ccc4C)CC3)CC2)c1. The molecule has 10 heteroatoms. The van der Waals surface area contributed by atoms with Gasteiger partial charge in [-0.05, 0) is 120 Å². The van der Waals surface area contributed by atoms with Crippen LogP contribution >= 0.6 is 0 Å². The summed E-state index contributed by atoms with van der Waals surface area (Å²) in [7, 11) is 0. The van der Waals surface area contributed by atoms with Gasteiger partial charge in [-0.3, -0.25) is 0 Å². The van der Waals surface area contributed by atoms with Gasteiger partial charge in [-0.25, -0.2) is 29.1 Å². The molecule has 2 aliphatic rings. The topological polar surface area (TPSA) is 124 Å². The number of hydrogen-bond acceptors (Lipinski definition) is 10. The molecule has 244 valence electrons. The van der Waals surface area contributed by atoms with Gasteiger partial charge >= 0.3 is 24.2 Å². The average Bonchev–Trinajstić information content (AvgIpc) is 3.01. The molecule has 2 aromatic rings. The molecule has 45 heavy (non-hydrogen) atoms. The molecule has 0 atom stereocenters. The van der Waals surface area contributed by atoms with E-state index >= 15 is 0 Å². The van der Waals surface area contributed by atoms with Crippen LogP contribution in [0.1, 0.15) is 108 Å². The monoisotopic (exact) mass is 624 g/mol. The van der Waals surface area contributed by atoms with E-state index in [0.717, 1.165) is 47.9 Å². The predicted molar refractivity (Wildman–Crippen MR) is 163 cm³/mol. The first-order valence-corrected chi connectivity index (χ1v) is 15.7. The van der Waals surface area contributed by atoms with Crippen molar-refractivity contribution in [3.63, 3.8) is 0 Å². The first kappa shape index (κ1) is 33.8. The molecule has 0 heterocycles. The summed E-state index contributed by atoms with van der Waals surface area (Å²) in [6, 6.07) is 10.7. The van der Waals surface area contributed by atoms with Crippen LogP contribution in [0.25, 0.3) is 0 Å². The van der Waals surface area contributed by atoms with Crippen LogP contribution in [0.3, 0.4) is 0 Å². The molecular weight excluding hydrogens is 580 g/mol. The van der Waals surface area contributed by atoms with Crippen molar-refractivity contribution in [3.05, 3.63) is 69.8 Å². The molecule has 2 fully saturated rings. The second kappa shape index (κ2) is 14.8. The lowest BCUT2D eigenvalue weighted by Crippen LogP contribution is -2.39. The molecule has 0 aromatic heterocycles. The predicted octanol–water partition coefficient (Wildman–Crippen LogP) is 8.21. The molecule has 2 saturated carbocycles. The van der Waals surface area contributed by atoms with Crippen molar-refractivity contribution < 1.29 is 48.2 Å². The molecule has 0 saturated heterocycles. The van der Waals surface area contributed by atoms with Crippen molar-refractivity contribution >= 4 is 24.2 Å². The van der Waals surface area contributed by atoms with Gasteiger partial charge in [0.05, 0.1) is 11.1 Å². The van der Waals surface area contributed by atoms with Crippen LogP contribution in [0, 0.1) is 44.9 Å². The second-order valence-corrected chi connectivity index (χ2v) is 13.0. The molecule has 0 unspecified atom stereocenters. The minimum absolute atomic E-state index is 0.0410. The Hall–Kier alpha value is -4.08. The van der Waals surface area contributed by atoms with E-state index in [-0.39, 0.29) is 17.6 Å². The third kappa shape index (κ3) is 8.99. The van der Waals surface area contributed by atoms with Gasteiger partial charge in [0.2, 0.25) is 0 Å². The highest BCUT2D eigenvalue weighted by molar-refractivity contribution is 5.91. The lowest BCUT2D eigenvalue weighted by atomic mass is 9.60. The summed E-state index contributed by atoms with van der Waals surface area (Å²) in [6.07, 6.45) is 3.69. The highest BCUT2D eigenvalue weighted by atomic mass is 17.2. The van der Waals surface area contributed by atoms with Gasteiger partial charge in [-0.2, -0.15) is 9.59 Å². The highest BCUT2D eigenvalue weighted by Crippen LogP contribution is 2.49. The normalized spacial score (nSPS) is 21.6. The molecule has 0 aliphatic heterocycles. The number of aryl methyl sites for hydroxylation is 4. The Morgan fingerprint density at radius 2 is 0.911 bits per heavy atom. The van der Waals surface area contributed by atoms with Gasteiger partial charge in [-0.15, -0.1) is 0 Å². The molecule has 2 aliphatic carbocycles. The number of hydrogen-bond donors (Lipinski definition) is 0. The van der Waals surface area contributed by atoms with Gasteiger partial charge in [0, 0.05) is 0 Å². The van der Waals surface area contributed by atoms with Crippen LogP contribution in [0.5, 0.6) is 0 Å². The first-order chi connectivity index (χ1) is 21.3. The standard InChI is InChI=1S/C35H44O10/c1-21-7-9-23(3)29(19-21)31(36)42-44-33(38)40-27-15-11-25(12-16-27)35(5,6)26-13-17-28(18-14-26)41-34(39)45-43-32(37)30-20-22(2)8-10-24(30)4/h7-10,19-20,25-28H,11-18H2,1-6H3. The van der Waals surface area contributed by atoms with Crippen LogP contribution < -0.4 is 0 Å². The Kier molecular flexibility index (Phi) is 11.1. The lowest BCUT2D eigenvalue weighted by Gasteiger charge is -2.46. The maximum absolute atomic E-state index is 12.3. The van der Waals surface area contributed by atoms with Gasteiger partial charge in [0.1, 0.15) is 12.2 Å².